The highest BCUT2D eigenvalue weighted by molar-refractivity contribution is 5.78. The van der Waals surface area contributed by atoms with Gasteiger partial charge in [0.1, 0.15) is 5.75 Å². The lowest BCUT2D eigenvalue weighted by Gasteiger charge is -2.31. The van der Waals surface area contributed by atoms with E-state index in [-0.39, 0.29) is 11.8 Å². The standard InChI is InChI=1S/C22H28N2O2/c1-2-26-21-10-8-18(9-11-21)16-23-22(25)20-12-14-24(15-13-20)17-19-6-4-3-5-7-19/h3-11,20H,2,12-17H2,1H3,(H,23,25). The molecule has 1 aliphatic heterocycles. The van der Waals surface area contributed by atoms with Gasteiger partial charge in [-0.2, -0.15) is 0 Å². The van der Waals surface area contributed by atoms with E-state index < -0.39 is 0 Å². The van der Waals surface area contributed by atoms with E-state index in [1.54, 1.807) is 0 Å². The smallest absolute Gasteiger partial charge is 0.223 e. The maximum Gasteiger partial charge on any atom is 0.223 e. The Morgan fingerprint density at radius 1 is 1.04 bits per heavy atom. The molecule has 2 aromatic rings. The van der Waals surface area contributed by atoms with Crippen molar-refractivity contribution in [2.75, 3.05) is 19.7 Å². The number of carbonyl (C=O) groups excluding carboxylic acids is 1. The molecular weight excluding hydrogens is 324 g/mol. The molecule has 3 rings (SSSR count). The predicted octanol–water partition coefficient (Wildman–Crippen LogP) is 3.61. The van der Waals surface area contributed by atoms with Crippen LogP contribution in [-0.2, 0) is 17.9 Å². The minimum absolute atomic E-state index is 0.129. The number of rotatable bonds is 7. The van der Waals surface area contributed by atoms with Crippen molar-refractivity contribution in [2.24, 2.45) is 5.92 Å². The van der Waals surface area contributed by atoms with Crippen molar-refractivity contribution < 1.29 is 9.53 Å². The molecule has 1 aliphatic rings. The van der Waals surface area contributed by atoms with Gasteiger partial charge in [-0.15, -0.1) is 0 Å². The van der Waals surface area contributed by atoms with E-state index in [2.05, 4.69) is 34.5 Å². The minimum Gasteiger partial charge on any atom is -0.494 e. The first kappa shape index (κ1) is 18.5. The molecule has 1 heterocycles. The van der Waals surface area contributed by atoms with E-state index in [1.165, 1.54) is 5.56 Å². The Hall–Kier alpha value is -2.33. The monoisotopic (exact) mass is 352 g/mol. The van der Waals surface area contributed by atoms with Gasteiger partial charge in [0, 0.05) is 19.0 Å². The fraction of sp³-hybridized carbons (Fsp3) is 0.409. The maximum atomic E-state index is 12.5. The van der Waals surface area contributed by atoms with Crippen molar-refractivity contribution in [1.82, 2.24) is 10.2 Å². The summed E-state index contributed by atoms with van der Waals surface area (Å²) in [5, 5.41) is 3.09. The van der Waals surface area contributed by atoms with Crippen LogP contribution in [0, 0.1) is 5.92 Å². The van der Waals surface area contributed by atoms with Crippen molar-refractivity contribution in [3.8, 4) is 5.75 Å². The van der Waals surface area contributed by atoms with Crippen LogP contribution in [0.3, 0.4) is 0 Å². The largest absolute Gasteiger partial charge is 0.494 e. The van der Waals surface area contributed by atoms with Crippen LogP contribution in [0.5, 0.6) is 5.75 Å². The minimum atomic E-state index is 0.129. The van der Waals surface area contributed by atoms with Crippen LogP contribution in [0.25, 0.3) is 0 Å². The van der Waals surface area contributed by atoms with Crippen molar-refractivity contribution in [3.63, 3.8) is 0 Å². The highest BCUT2D eigenvalue weighted by Crippen LogP contribution is 2.19. The summed E-state index contributed by atoms with van der Waals surface area (Å²) in [5.74, 6) is 1.18. The number of hydrogen-bond donors (Lipinski definition) is 1. The zero-order chi connectivity index (χ0) is 18.2. The lowest BCUT2D eigenvalue weighted by molar-refractivity contribution is -0.126. The molecule has 1 fully saturated rings. The fourth-order valence-corrected chi connectivity index (χ4v) is 3.40. The van der Waals surface area contributed by atoms with Crippen LogP contribution in [-0.4, -0.2) is 30.5 Å². The number of likely N-dealkylation sites (tertiary alicyclic amines) is 1. The predicted molar refractivity (Wildman–Crippen MR) is 104 cm³/mol. The molecule has 0 radical (unpaired) electrons. The first-order valence-corrected chi connectivity index (χ1v) is 9.50. The zero-order valence-electron chi connectivity index (χ0n) is 15.5. The highest BCUT2D eigenvalue weighted by Gasteiger charge is 2.24. The molecule has 4 nitrogen and oxygen atoms in total. The lowest BCUT2D eigenvalue weighted by Crippen LogP contribution is -2.40. The molecule has 0 unspecified atom stereocenters. The van der Waals surface area contributed by atoms with Gasteiger partial charge in [0.2, 0.25) is 5.91 Å². The van der Waals surface area contributed by atoms with Gasteiger partial charge in [-0.1, -0.05) is 42.5 Å². The van der Waals surface area contributed by atoms with Crippen LogP contribution in [0.2, 0.25) is 0 Å². The number of benzene rings is 2. The van der Waals surface area contributed by atoms with Gasteiger partial charge in [-0.3, -0.25) is 9.69 Å². The van der Waals surface area contributed by atoms with E-state index in [4.69, 9.17) is 4.74 Å². The number of hydrogen-bond acceptors (Lipinski definition) is 3. The fourth-order valence-electron chi connectivity index (χ4n) is 3.40. The molecule has 138 valence electrons. The number of carbonyl (C=O) groups is 1. The second-order valence-electron chi connectivity index (χ2n) is 6.83. The SMILES string of the molecule is CCOc1ccc(CNC(=O)C2CCN(Cc3ccccc3)CC2)cc1. The molecule has 0 aromatic heterocycles. The summed E-state index contributed by atoms with van der Waals surface area (Å²) in [6.07, 6.45) is 1.86. The molecule has 1 amide bonds. The molecule has 0 bridgehead atoms. The molecule has 1 saturated heterocycles. The number of nitrogens with one attached hydrogen (secondary N) is 1. The molecule has 1 N–H and O–H groups in total. The van der Waals surface area contributed by atoms with E-state index in [0.717, 1.165) is 43.8 Å². The molecule has 0 saturated carbocycles. The summed E-state index contributed by atoms with van der Waals surface area (Å²) in [6.45, 7) is 6.15. The molecule has 26 heavy (non-hydrogen) atoms. The van der Waals surface area contributed by atoms with Gasteiger partial charge < -0.3 is 10.1 Å². The third kappa shape index (κ3) is 5.33. The van der Waals surface area contributed by atoms with Crippen LogP contribution < -0.4 is 10.1 Å². The molecule has 0 atom stereocenters. The van der Waals surface area contributed by atoms with Crippen molar-refractivity contribution >= 4 is 5.91 Å². The van der Waals surface area contributed by atoms with Gasteiger partial charge in [0.25, 0.3) is 0 Å². The summed E-state index contributed by atoms with van der Waals surface area (Å²) in [7, 11) is 0. The Bertz CT molecular complexity index is 677. The second kappa shape index (κ2) is 9.39. The van der Waals surface area contributed by atoms with E-state index >= 15 is 0 Å². The highest BCUT2D eigenvalue weighted by atomic mass is 16.5. The summed E-state index contributed by atoms with van der Waals surface area (Å²) >= 11 is 0. The molecular formula is C22H28N2O2. The van der Waals surface area contributed by atoms with Gasteiger partial charge in [-0.25, -0.2) is 0 Å². The number of nitrogens with zero attached hydrogens (tertiary/aromatic N) is 1. The third-order valence-corrected chi connectivity index (χ3v) is 4.91. The average Bonchev–Trinajstić information content (AvgIpc) is 2.69. The summed E-state index contributed by atoms with van der Waals surface area (Å²) in [5.41, 5.74) is 2.44. The number of piperidine rings is 1. The van der Waals surface area contributed by atoms with E-state index in [9.17, 15) is 4.79 Å². The second-order valence-corrected chi connectivity index (χ2v) is 6.83. The summed E-state index contributed by atoms with van der Waals surface area (Å²) in [6, 6.07) is 18.4. The first-order valence-electron chi connectivity index (χ1n) is 9.50. The lowest BCUT2D eigenvalue weighted by atomic mass is 9.95. The average molecular weight is 352 g/mol. The maximum absolute atomic E-state index is 12.5. The van der Waals surface area contributed by atoms with Crippen molar-refractivity contribution in [2.45, 2.75) is 32.9 Å². The van der Waals surface area contributed by atoms with Gasteiger partial charge in [-0.05, 0) is 56.1 Å². The normalized spacial score (nSPS) is 15.6. The third-order valence-electron chi connectivity index (χ3n) is 4.91. The van der Waals surface area contributed by atoms with Gasteiger partial charge in [0.15, 0.2) is 0 Å². The van der Waals surface area contributed by atoms with Crippen LogP contribution in [0.1, 0.15) is 30.9 Å². The summed E-state index contributed by atoms with van der Waals surface area (Å²) in [4.78, 5) is 14.9. The van der Waals surface area contributed by atoms with Crippen molar-refractivity contribution in [1.29, 1.82) is 0 Å². The number of amides is 1. The van der Waals surface area contributed by atoms with Gasteiger partial charge >= 0.3 is 0 Å². The Balaban J connectivity index is 1.40. The first-order chi connectivity index (χ1) is 12.7. The Morgan fingerprint density at radius 3 is 2.38 bits per heavy atom. The van der Waals surface area contributed by atoms with E-state index in [1.807, 2.05) is 37.3 Å². The number of ether oxygens (including phenoxy) is 1. The molecule has 0 aliphatic carbocycles. The van der Waals surface area contributed by atoms with Crippen LogP contribution >= 0.6 is 0 Å². The molecule has 4 heteroatoms. The zero-order valence-corrected chi connectivity index (χ0v) is 15.5. The quantitative estimate of drug-likeness (QED) is 0.828. The Morgan fingerprint density at radius 2 is 1.73 bits per heavy atom. The topological polar surface area (TPSA) is 41.6 Å². The Labute approximate surface area is 156 Å². The van der Waals surface area contributed by atoms with Gasteiger partial charge in [0.05, 0.1) is 6.61 Å². The molecule has 2 aromatic carbocycles. The summed E-state index contributed by atoms with van der Waals surface area (Å²) < 4.78 is 5.44. The van der Waals surface area contributed by atoms with Crippen LogP contribution in [0.15, 0.2) is 54.6 Å². The van der Waals surface area contributed by atoms with Crippen molar-refractivity contribution in [3.05, 3.63) is 65.7 Å². The molecule has 0 spiro atoms. The van der Waals surface area contributed by atoms with E-state index in [0.29, 0.717) is 13.2 Å². The van der Waals surface area contributed by atoms with Crippen LogP contribution in [0.4, 0.5) is 0 Å². The Kier molecular flexibility index (Phi) is 6.67.